The first-order valence-corrected chi connectivity index (χ1v) is 9.51. The van der Waals surface area contributed by atoms with E-state index in [2.05, 4.69) is 33.9 Å². The minimum Gasteiger partial charge on any atom is -0.409 e. The molecule has 0 radical (unpaired) electrons. The van der Waals surface area contributed by atoms with Gasteiger partial charge in [-0.2, -0.15) is 0 Å². The molecule has 0 saturated carbocycles. The maximum Gasteiger partial charge on any atom is 0.192 e. The Bertz CT molecular complexity index is 369. The van der Waals surface area contributed by atoms with Crippen molar-refractivity contribution in [1.82, 2.24) is 0 Å². The summed E-state index contributed by atoms with van der Waals surface area (Å²) in [7, 11) is -2.08. The zero-order valence-corrected chi connectivity index (χ0v) is 13.7. The van der Waals surface area contributed by atoms with E-state index in [-0.39, 0.29) is 10.8 Å². The van der Waals surface area contributed by atoms with Gasteiger partial charge in [-0.1, -0.05) is 26.8 Å². The van der Waals surface area contributed by atoms with Gasteiger partial charge in [0.1, 0.15) is 6.10 Å². The smallest absolute Gasteiger partial charge is 0.192 e. The van der Waals surface area contributed by atoms with E-state index in [1.165, 1.54) is 13.0 Å². The third-order valence-corrected chi connectivity index (χ3v) is 8.83. The van der Waals surface area contributed by atoms with E-state index in [0.29, 0.717) is 0 Å². The summed E-state index contributed by atoms with van der Waals surface area (Å²) in [6.07, 6.45) is 2.25. The van der Waals surface area contributed by atoms with Gasteiger partial charge in [-0.15, -0.1) is 11.6 Å². The molecule has 3 nitrogen and oxygen atoms in total. The summed E-state index contributed by atoms with van der Waals surface area (Å²) in [5.41, 5.74) is -1.54. The number of halogens is 1. The molecular formula is C13H23ClO3Si. The molecule has 1 aliphatic rings. The fourth-order valence-electron chi connectivity index (χ4n) is 1.57. The molecule has 1 N–H and O–H groups in total. The summed E-state index contributed by atoms with van der Waals surface area (Å²) in [5, 5.41) is 9.84. The number of carbonyl (C=O) groups is 1. The molecule has 0 aliphatic heterocycles. The van der Waals surface area contributed by atoms with Crippen LogP contribution in [0.3, 0.4) is 0 Å². The predicted molar refractivity (Wildman–Crippen MR) is 76.5 cm³/mol. The van der Waals surface area contributed by atoms with E-state index >= 15 is 0 Å². The number of ketones is 1. The molecule has 1 aliphatic carbocycles. The zero-order valence-electron chi connectivity index (χ0n) is 12.0. The lowest BCUT2D eigenvalue weighted by Crippen LogP contribution is -2.59. The zero-order chi connectivity index (χ0) is 14.4. The number of rotatable bonds is 2. The van der Waals surface area contributed by atoms with Crippen molar-refractivity contribution in [3.8, 4) is 0 Å². The predicted octanol–water partition coefficient (Wildman–Crippen LogP) is 2.87. The molecule has 0 heterocycles. The maximum absolute atomic E-state index is 11.7. The Morgan fingerprint density at radius 1 is 1.44 bits per heavy atom. The average Bonchev–Trinajstić information content (AvgIpc) is 2.18. The van der Waals surface area contributed by atoms with Crippen LogP contribution in [-0.2, 0) is 9.22 Å². The Morgan fingerprint density at radius 3 is 2.39 bits per heavy atom. The minimum atomic E-state index is -2.08. The SMILES string of the molecule is CC(C)(C)[Si](C)(C)O[C@H]1[C@H](Cl)C=CC(=O)[C@@]1(C)O. The molecule has 0 amide bonds. The Balaban J connectivity index is 3.02. The van der Waals surface area contributed by atoms with E-state index in [1.807, 2.05) is 0 Å². The summed E-state index contributed by atoms with van der Waals surface area (Å²) in [6.45, 7) is 12.0. The van der Waals surface area contributed by atoms with E-state index in [1.54, 1.807) is 6.08 Å². The molecule has 1 rings (SSSR count). The second-order valence-electron chi connectivity index (χ2n) is 6.61. The molecule has 3 atom stereocenters. The Labute approximate surface area is 115 Å². The van der Waals surface area contributed by atoms with Gasteiger partial charge >= 0.3 is 0 Å². The largest absolute Gasteiger partial charge is 0.409 e. The molecule has 0 aromatic rings. The van der Waals surface area contributed by atoms with Gasteiger partial charge in [-0.05, 0) is 31.1 Å². The molecule has 0 bridgehead atoms. The molecular weight excluding hydrogens is 268 g/mol. The van der Waals surface area contributed by atoms with Gasteiger partial charge in [0.2, 0.25) is 0 Å². The standard InChI is InChI=1S/C13H23ClO3Si/c1-12(2,3)18(5,6)17-11-9(14)7-8-10(15)13(11,4)16/h7-9,11,16H,1-6H3/t9-,11+,13-/m1/s1. The highest BCUT2D eigenvalue weighted by molar-refractivity contribution is 6.74. The van der Waals surface area contributed by atoms with E-state index < -0.39 is 25.4 Å². The van der Waals surface area contributed by atoms with Gasteiger partial charge in [-0.3, -0.25) is 4.79 Å². The van der Waals surface area contributed by atoms with Crippen molar-refractivity contribution < 1.29 is 14.3 Å². The van der Waals surface area contributed by atoms with Gasteiger partial charge in [-0.25, -0.2) is 0 Å². The third-order valence-electron chi connectivity index (χ3n) is 4.00. The van der Waals surface area contributed by atoms with E-state index in [0.717, 1.165) is 0 Å². The lowest BCUT2D eigenvalue weighted by molar-refractivity contribution is -0.141. The summed E-state index contributed by atoms with van der Waals surface area (Å²) >= 11 is 6.19. The van der Waals surface area contributed by atoms with Crippen LogP contribution < -0.4 is 0 Å². The fourth-order valence-corrected chi connectivity index (χ4v) is 3.39. The average molecular weight is 291 g/mol. The summed E-state index contributed by atoms with van der Waals surface area (Å²) in [5.74, 6) is -0.344. The highest BCUT2D eigenvalue weighted by Crippen LogP contribution is 2.40. The van der Waals surface area contributed by atoms with Crippen LogP contribution in [0.15, 0.2) is 12.2 Å². The van der Waals surface area contributed by atoms with Crippen molar-refractivity contribution >= 4 is 25.7 Å². The molecule has 0 fully saturated rings. The van der Waals surface area contributed by atoms with Crippen LogP contribution in [-0.4, -0.2) is 36.3 Å². The highest BCUT2D eigenvalue weighted by atomic mass is 35.5. The highest BCUT2D eigenvalue weighted by Gasteiger charge is 2.49. The van der Waals surface area contributed by atoms with Crippen LogP contribution in [0, 0.1) is 0 Å². The molecule has 5 heteroatoms. The van der Waals surface area contributed by atoms with Crippen LogP contribution in [0.5, 0.6) is 0 Å². The second kappa shape index (κ2) is 4.74. The number of carbonyl (C=O) groups excluding carboxylic acids is 1. The topological polar surface area (TPSA) is 46.5 Å². The first kappa shape index (κ1) is 15.9. The fraction of sp³-hybridized carbons (Fsp3) is 0.769. The Kier molecular flexibility index (Phi) is 4.19. The van der Waals surface area contributed by atoms with Gasteiger partial charge in [0.25, 0.3) is 0 Å². The van der Waals surface area contributed by atoms with Crippen molar-refractivity contribution in [2.45, 2.75) is 62.9 Å². The third kappa shape index (κ3) is 2.87. The van der Waals surface area contributed by atoms with Gasteiger partial charge in [0, 0.05) is 0 Å². The molecule has 18 heavy (non-hydrogen) atoms. The van der Waals surface area contributed by atoms with E-state index in [9.17, 15) is 9.90 Å². The van der Waals surface area contributed by atoms with Crippen LogP contribution in [0.25, 0.3) is 0 Å². The number of alkyl halides is 1. The molecule has 0 saturated heterocycles. The van der Waals surface area contributed by atoms with Crippen molar-refractivity contribution in [3.63, 3.8) is 0 Å². The minimum absolute atomic E-state index is 0.00387. The van der Waals surface area contributed by atoms with Crippen molar-refractivity contribution in [2.24, 2.45) is 0 Å². The lowest BCUT2D eigenvalue weighted by Gasteiger charge is -2.44. The normalized spacial score (nSPS) is 33.9. The van der Waals surface area contributed by atoms with Crippen LogP contribution in [0.2, 0.25) is 18.1 Å². The maximum atomic E-state index is 11.7. The van der Waals surface area contributed by atoms with Crippen molar-refractivity contribution in [3.05, 3.63) is 12.2 Å². The first-order chi connectivity index (χ1) is 7.89. The Hall–Kier alpha value is -0.163. The molecule has 0 aromatic carbocycles. The summed E-state index contributed by atoms with van der Waals surface area (Å²) in [6, 6.07) is 0. The lowest BCUT2D eigenvalue weighted by atomic mass is 9.87. The first-order valence-electron chi connectivity index (χ1n) is 6.16. The van der Waals surface area contributed by atoms with E-state index in [4.69, 9.17) is 16.0 Å². The molecule has 0 spiro atoms. The second-order valence-corrected chi connectivity index (χ2v) is 11.9. The number of aliphatic hydroxyl groups is 1. The Morgan fingerprint density at radius 2 is 1.94 bits per heavy atom. The summed E-state index contributed by atoms with van der Waals surface area (Å²) in [4.78, 5) is 11.7. The summed E-state index contributed by atoms with van der Waals surface area (Å²) < 4.78 is 6.13. The monoisotopic (exact) mass is 290 g/mol. The van der Waals surface area contributed by atoms with Gasteiger partial charge in [0.05, 0.1) is 5.38 Å². The number of hydrogen-bond donors (Lipinski definition) is 1. The molecule has 0 aromatic heterocycles. The number of hydrogen-bond acceptors (Lipinski definition) is 3. The van der Waals surface area contributed by atoms with Crippen LogP contribution in [0.1, 0.15) is 27.7 Å². The molecule has 104 valence electrons. The van der Waals surface area contributed by atoms with Crippen LogP contribution in [0.4, 0.5) is 0 Å². The van der Waals surface area contributed by atoms with Crippen LogP contribution >= 0.6 is 11.6 Å². The quantitative estimate of drug-likeness (QED) is 0.628. The van der Waals surface area contributed by atoms with Gasteiger partial charge in [0.15, 0.2) is 19.7 Å². The van der Waals surface area contributed by atoms with Gasteiger partial charge < -0.3 is 9.53 Å². The van der Waals surface area contributed by atoms with Crippen molar-refractivity contribution in [2.75, 3.05) is 0 Å². The molecule has 0 unspecified atom stereocenters. The van der Waals surface area contributed by atoms with Crippen molar-refractivity contribution in [1.29, 1.82) is 0 Å².